The third kappa shape index (κ3) is 4.18. The molecule has 0 unspecified atom stereocenters. The minimum Gasteiger partial charge on any atom is -0.378 e. The fraction of sp³-hybridized carbons (Fsp3) is 0.667. The first kappa shape index (κ1) is 11.8. The first-order valence-corrected chi connectivity index (χ1v) is 4.87. The van der Waals surface area contributed by atoms with Gasteiger partial charge < -0.3 is 10.1 Å². The number of hydrogen-bond acceptors (Lipinski definition) is 5. The largest absolute Gasteiger partial charge is 0.378 e. The van der Waals surface area contributed by atoms with E-state index in [0.29, 0.717) is 25.5 Å². The second-order valence-electron chi connectivity index (χ2n) is 3.14. The van der Waals surface area contributed by atoms with Crippen molar-refractivity contribution < 1.29 is 9.53 Å². The minimum absolute atomic E-state index is 0.0719. The van der Waals surface area contributed by atoms with E-state index in [1.165, 1.54) is 6.92 Å². The van der Waals surface area contributed by atoms with E-state index in [9.17, 15) is 4.79 Å². The van der Waals surface area contributed by atoms with Gasteiger partial charge in [-0.25, -0.2) is 4.68 Å². The molecule has 0 radical (unpaired) electrons. The molecule has 84 valence electrons. The van der Waals surface area contributed by atoms with Gasteiger partial charge in [-0.05, 0) is 7.05 Å². The molecule has 0 saturated heterocycles. The van der Waals surface area contributed by atoms with Gasteiger partial charge in [0.25, 0.3) is 0 Å². The maximum absolute atomic E-state index is 10.9. The van der Waals surface area contributed by atoms with E-state index in [0.717, 1.165) is 6.54 Å². The van der Waals surface area contributed by atoms with Gasteiger partial charge in [-0.3, -0.25) is 4.79 Å². The van der Waals surface area contributed by atoms with E-state index in [1.54, 1.807) is 10.9 Å². The van der Waals surface area contributed by atoms with Crippen LogP contribution in [0.2, 0.25) is 0 Å². The van der Waals surface area contributed by atoms with Crippen molar-refractivity contribution in [1.29, 1.82) is 0 Å². The van der Waals surface area contributed by atoms with Crippen LogP contribution in [0, 0.1) is 0 Å². The number of nitrogens with one attached hydrogen (secondary N) is 1. The first-order chi connectivity index (χ1) is 7.24. The van der Waals surface area contributed by atoms with Gasteiger partial charge in [0.05, 0.1) is 26.0 Å². The molecule has 1 aromatic rings. The third-order valence-corrected chi connectivity index (χ3v) is 1.86. The number of aromatic nitrogens is 3. The van der Waals surface area contributed by atoms with Crippen molar-refractivity contribution in [3.63, 3.8) is 0 Å². The van der Waals surface area contributed by atoms with Crippen LogP contribution in [0.15, 0.2) is 6.20 Å². The van der Waals surface area contributed by atoms with Crippen molar-refractivity contribution in [2.24, 2.45) is 0 Å². The maximum atomic E-state index is 10.9. The minimum atomic E-state index is -0.0719. The molecule has 0 bridgehead atoms. The van der Waals surface area contributed by atoms with Crippen molar-refractivity contribution >= 4 is 5.78 Å². The van der Waals surface area contributed by atoms with E-state index in [4.69, 9.17) is 4.74 Å². The molecule has 6 nitrogen and oxygen atoms in total. The summed E-state index contributed by atoms with van der Waals surface area (Å²) < 4.78 is 6.92. The van der Waals surface area contributed by atoms with Crippen molar-refractivity contribution in [1.82, 2.24) is 20.3 Å². The Hall–Kier alpha value is -1.27. The Balaban J connectivity index is 2.23. The highest BCUT2D eigenvalue weighted by Crippen LogP contribution is 1.93. The lowest BCUT2D eigenvalue weighted by Crippen LogP contribution is -2.16. The summed E-state index contributed by atoms with van der Waals surface area (Å²) in [6.45, 7) is 4.16. The van der Waals surface area contributed by atoms with Gasteiger partial charge in [0.2, 0.25) is 0 Å². The maximum Gasteiger partial charge on any atom is 0.181 e. The summed E-state index contributed by atoms with van der Waals surface area (Å²) in [4.78, 5) is 10.9. The number of hydrogen-bond donors (Lipinski definition) is 1. The highest BCUT2D eigenvalue weighted by atomic mass is 16.5. The molecule has 1 rings (SSSR count). The number of nitrogens with zero attached hydrogens (tertiary/aromatic N) is 3. The Morgan fingerprint density at radius 2 is 2.40 bits per heavy atom. The van der Waals surface area contributed by atoms with Crippen molar-refractivity contribution in [3.8, 4) is 0 Å². The lowest BCUT2D eigenvalue weighted by atomic mass is 10.3. The molecule has 0 fully saturated rings. The predicted molar refractivity (Wildman–Crippen MR) is 54.8 cm³/mol. The molecule has 0 aliphatic heterocycles. The monoisotopic (exact) mass is 212 g/mol. The van der Waals surface area contributed by atoms with Crippen LogP contribution in [0.25, 0.3) is 0 Å². The van der Waals surface area contributed by atoms with E-state index in [2.05, 4.69) is 15.6 Å². The molecule has 1 N–H and O–H groups in total. The summed E-state index contributed by atoms with van der Waals surface area (Å²) in [6.07, 6.45) is 1.63. The fourth-order valence-corrected chi connectivity index (χ4v) is 1.00. The fourth-order valence-electron chi connectivity index (χ4n) is 1.00. The summed E-state index contributed by atoms with van der Waals surface area (Å²) in [6, 6.07) is 0. The second kappa shape index (κ2) is 6.26. The molecular weight excluding hydrogens is 196 g/mol. The predicted octanol–water partition coefficient (Wildman–Crippen LogP) is -0.283. The summed E-state index contributed by atoms with van der Waals surface area (Å²) >= 11 is 0. The highest BCUT2D eigenvalue weighted by Gasteiger charge is 2.04. The van der Waals surface area contributed by atoms with Crippen molar-refractivity contribution in [2.45, 2.75) is 13.5 Å². The van der Waals surface area contributed by atoms with Crippen LogP contribution in [0.5, 0.6) is 0 Å². The van der Waals surface area contributed by atoms with Gasteiger partial charge >= 0.3 is 0 Å². The second-order valence-corrected chi connectivity index (χ2v) is 3.14. The van der Waals surface area contributed by atoms with Crippen LogP contribution in [0.4, 0.5) is 0 Å². The number of likely N-dealkylation sites (N-methyl/N-ethyl adjacent to an activating group) is 1. The zero-order chi connectivity index (χ0) is 11.1. The molecular formula is C9H16N4O2. The van der Waals surface area contributed by atoms with E-state index >= 15 is 0 Å². The Labute approximate surface area is 88.6 Å². The Bertz CT molecular complexity index is 311. The van der Waals surface area contributed by atoms with Gasteiger partial charge in [-0.2, -0.15) is 0 Å². The summed E-state index contributed by atoms with van der Waals surface area (Å²) in [5.74, 6) is -0.0719. The molecule has 1 heterocycles. The van der Waals surface area contributed by atoms with Gasteiger partial charge in [-0.15, -0.1) is 5.10 Å². The van der Waals surface area contributed by atoms with E-state index in [-0.39, 0.29) is 5.78 Å². The topological polar surface area (TPSA) is 69.0 Å². The van der Waals surface area contributed by atoms with Crippen LogP contribution in [-0.4, -0.2) is 47.6 Å². The average molecular weight is 212 g/mol. The van der Waals surface area contributed by atoms with E-state index < -0.39 is 0 Å². The Morgan fingerprint density at radius 1 is 1.60 bits per heavy atom. The summed E-state index contributed by atoms with van der Waals surface area (Å²) in [5.41, 5.74) is 0.394. The number of carbonyl (C=O) groups excluding carboxylic acids is 1. The quantitative estimate of drug-likeness (QED) is 0.497. The van der Waals surface area contributed by atoms with Crippen LogP contribution >= 0.6 is 0 Å². The van der Waals surface area contributed by atoms with Crippen LogP contribution in [0.3, 0.4) is 0 Å². The average Bonchev–Trinajstić information content (AvgIpc) is 2.66. The zero-order valence-corrected chi connectivity index (χ0v) is 9.06. The number of ketones is 1. The van der Waals surface area contributed by atoms with Crippen molar-refractivity contribution in [3.05, 3.63) is 11.9 Å². The third-order valence-electron chi connectivity index (χ3n) is 1.86. The van der Waals surface area contributed by atoms with Crippen molar-refractivity contribution in [2.75, 3.05) is 26.8 Å². The number of carbonyl (C=O) groups is 1. The lowest BCUT2D eigenvalue weighted by molar-refractivity contribution is 0.101. The lowest BCUT2D eigenvalue weighted by Gasteiger charge is -2.02. The Kier molecular flexibility index (Phi) is 4.92. The SMILES string of the molecule is CNCCOCCn1cc(C(C)=O)nn1. The molecule has 0 aliphatic rings. The molecule has 0 aromatic carbocycles. The molecule has 0 spiro atoms. The Morgan fingerprint density at radius 3 is 3.00 bits per heavy atom. The highest BCUT2D eigenvalue weighted by molar-refractivity contribution is 5.91. The molecule has 1 aromatic heterocycles. The van der Waals surface area contributed by atoms with Gasteiger partial charge in [0.15, 0.2) is 5.78 Å². The molecule has 0 aliphatic carbocycles. The van der Waals surface area contributed by atoms with Gasteiger partial charge in [-0.1, -0.05) is 5.21 Å². The smallest absolute Gasteiger partial charge is 0.181 e. The molecule has 0 saturated carbocycles. The summed E-state index contributed by atoms with van der Waals surface area (Å²) in [7, 11) is 1.87. The number of ether oxygens (including phenoxy) is 1. The van der Waals surface area contributed by atoms with E-state index in [1.807, 2.05) is 7.05 Å². The van der Waals surface area contributed by atoms with Crippen LogP contribution in [0.1, 0.15) is 17.4 Å². The normalized spacial score (nSPS) is 10.5. The number of rotatable bonds is 7. The molecule has 0 amide bonds. The van der Waals surface area contributed by atoms with Gasteiger partial charge in [0.1, 0.15) is 5.69 Å². The molecule has 6 heteroatoms. The number of Topliss-reactive ketones (excluding diaryl/α,β-unsaturated/α-hetero) is 1. The molecule has 15 heavy (non-hydrogen) atoms. The first-order valence-electron chi connectivity index (χ1n) is 4.87. The standard InChI is InChI=1S/C9H16N4O2/c1-8(14)9-7-13(12-11-9)4-6-15-5-3-10-2/h7,10H,3-6H2,1-2H3. The zero-order valence-electron chi connectivity index (χ0n) is 9.06. The van der Waals surface area contributed by atoms with Crippen LogP contribution in [-0.2, 0) is 11.3 Å². The molecule has 0 atom stereocenters. The summed E-state index contributed by atoms with van der Waals surface area (Å²) in [5, 5.41) is 10.5. The van der Waals surface area contributed by atoms with Crippen LogP contribution < -0.4 is 5.32 Å². The van der Waals surface area contributed by atoms with Gasteiger partial charge in [0, 0.05) is 13.5 Å².